The van der Waals surface area contributed by atoms with Crippen LogP contribution >= 0.6 is 22.9 Å². The number of fused-ring (bicyclic) bond motifs is 1. The first-order valence-electron chi connectivity index (χ1n) is 7.68. The minimum atomic E-state index is -1.91. The summed E-state index contributed by atoms with van der Waals surface area (Å²) in [5.41, 5.74) is 6.05. The number of hydrogen-bond acceptors (Lipinski definition) is 6. The Kier molecular flexibility index (Phi) is 3.87. The molecule has 2 aromatic carbocycles. The fraction of sp³-hybridized carbons (Fsp3) is 0.111. The van der Waals surface area contributed by atoms with Gasteiger partial charge in [0.2, 0.25) is 5.60 Å². The Bertz CT molecular complexity index is 1020. The topological polar surface area (TPSA) is 97.5 Å². The minimum Gasteiger partial charge on any atom is -0.497 e. The van der Waals surface area contributed by atoms with Crippen LogP contribution in [0.15, 0.2) is 42.5 Å². The van der Waals surface area contributed by atoms with E-state index in [0.717, 1.165) is 11.3 Å². The number of anilines is 2. The third-order valence-corrected chi connectivity index (χ3v) is 5.51. The molecule has 1 amide bonds. The first-order chi connectivity index (χ1) is 12.4. The van der Waals surface area contributed by atoms with Gasteiger partial charge in [-0.25, -0.2) is 4.98 Å². The number of carbonyl (C=O) groups is 1. The molecular formula is C18H14ClN3O3S. The predicted octanol–water partition coefficient (Wildman–Crippen LogP) is 3.24. The Labute approximate surface area is 158 Å². The second kappa shape index (κ2) is 5.98. The normalized spacial score (nSPS) is 18.5. The Morgan fingerprint density at radius 3 is 2.69 bits per heavy atom. The fourth-order valence-corrected chi connectivity index (χ4v) is 4.14. The zero-order chi connectivity index (χ0) is 18.5. The number of nitrogen functional groups attached to an aromatic ring is 1. The molecule has 1 atom stereocenters. The van der Waals surface area contributed by atoms with Crippen LogP contribution in [0.5, 0.6) is 5.75 Å². The van der Waals surface area contributed by atoms with Gasteiger partial charge in [0.25, 0.3) is 5.91 Å². The number of nitrogens with one attached hydrogen (secondary N) is 1. The number of nitrogens with two attached hydrogens (primary N) is 1. The van der Waals surface area contributed by atoms with Crippen molar-refractivity contribution in [2.24, 2.45) is 0 Å². The van der Waals surface area contributed by atoms with E-state index in [0.29, 0.717) is 38.2 Å². The average molecular weight is 388 g/mol. The number of ether oxygens (including phenoxy) is 1. The van der Waals surface area contributed by atoms with Gasteiger partial charge in [-0.3, -0.25) is 4.79 Å². The molecule has 1 aliphatic heterocycles. The molecule has 3 aromatic rings. The van der Waals surface area contributed by atoms with Gasteiger partial charge in [0.1, 0.15) is 5.75 Å². The number of hydrogen-bond donors (Lipinski definition) is 3. The van der Waals surface area contributed by atoms with Crippen LogP contribution in [0.3, 0.4) is 0 Å². The maximum atomic E-state index is 12.7. The van der Waals surface area contributed by atoms with Crippen LogP contribution in [0.1, 0.15) is 10.4 Å². The number of halogens is 1. The van der Waals surface area contributed by atoms with Crippen molar-refractivity contribution in [2.45, 2.75) is 5.60 Å². The highest BCUT2D eigenvalue weighted by atomic mass is 35.5. The molecule has 26 heavy (non-hydrogen) atoms. The van der Waals surface area contributed by atoms with Crippen LogP contribution in [-0.2, 0) is 10.4 Å². The highest BCUT2D eigenvalue weighted by molar-refractivity contribution is 7.16. The van der Waals surface area contributed by atoms with Gasteiger partial charge < -0.3 is 20.9 Å². The van der Waals surface area contributed by atoms with Gasteiger partial charge in [-0.15, -0.1) is 0 Å². The molecule has 4 rings (SSSR count). The van der Waals surface area contributed by atoms with E-state index in [2.05, 4.69) is 10.3 Å². The third kappa shape index (κ3) is 2.44. The number of rotatable bonds is 3. The lowest BCUT2D eigenvalue weighted by Gasteiger charge is -2.20. The molecule has 0 saturated heterocycles. The molecule has 8 heteroatoms. The molecular weight excluding hydrogens is 374 g/mol. The van der Waals surface area contributed by atoms with Crippen LogP contribution in [0, 0.1) is 0 Å². The summed E-state index contributed by atoms with van der Waals surface area (Å²) in [5, 5.41) is 14.7. The summed E-state index contributed by atoms with van der Waals surface area (Å²) in [6.45, 7) is 0. The monoisotopic (exact) mass is 387 g/mol. The van der Waals surface area contributed by atoms with Crippen LogP contribution in [0.4, 0.5) is 10.8 Å². The molecule has 1 aliphatic rings. The molecule has 0 unspecified atom stereocenters. The summed E-state index contributed by atoms with van der Waals surface area (Å²) in [6, 6.07) is 12.0. The number of aliphatic hydroxyl groups is 1. The largest absolute Gasteiger partial charge is 0.497 e. The zero-order valence-corrected chi connectivity index (χ0v) is 15.2. The smallest absolute Gasteiger partial charge is 0.266 e. The quantitative estimate of drug-likeness (QED) is 0.641. The molecule has 2 heterocycles. The van der Waals surface area contributed by atoms with E-state index < -0.39 is 11.5 Å². The zero-order valence-electron chi connectivity index (χ0n) is 13.6. The van der Waals surface area contributed by atoms with Crippen molar-refractivity contribution in [1.29, 1.82) is 0 Å². The molecule has 0 aliphatic carbocycles. The van der Waals surface area contributed by atoms with Crippen LogP contribution in [-0.4, -0.2) is 23.1 Å². The molecule has 0 saturated carbocycles. The fourth-order valence-electron chi connectivity index (χ4n) is 3.01. The Morgan fingerprint density at radius 2 is 2.00 bits per heavy atom. The summed E-state index contributed by atoms with van der Waals surface area (Å²) < 4.78 is 5.17. The van der Waals surface area contributed by atoms with Crippen molar-refractivity contribution in [1.82, 2.24) is 4.98 Å². The lowest BCUT2D eigenvalue weighted by Crippen LogP contribution is -2.35. The van der Waals surface area contributed by atoms with Gasteiger partial charge in [-0.1, -0.05) is 22.9 Å². The maximum Gasteiger partial charge on any atom is 0.266 e. The molecule has 6 nitrogen and oxygen atoms in total. The van der Waals surface area contributed by atoms with Gasteiger partial charge in [0.15, 0.2) is 5.13 Å². The van der Waals surface area contributed by atoms with Crippen LogP contribution < -0.4 is 15.8 Å². The van der Waals surface area contributed by atoms with Crippen molar-refractivity contribution in [2.75, 3.05) is 18.2 Å². The molecule has 4 N–H and O–H groups in total. The number of aromatic nitrogens is 1. The highest BCUT2D eigenvalue weighted by Gasteiger charge is 2.50. The molecule has 1 aromatic heterocycles. The van der Waals surface area contributed by atoms with Crippen molar-refractivity contribution >= 4 is 39.7 Å². The maximum absolute atomic E-state index is 12.7. The summed E-state index contributed by atoms with van der Waals surface area (Å²) in [7, 11) is 1.58. The number of methoxy groups -OCH3 is 1. The van der Waals surface area contributed by atoms with Crippen molar-refractivity contribution < 1.29 is 14.6 Å². The van der Waals surface area contributed by atoms with Crippen molar-refractivity contribution in [3.8, 4) is 17.0 Å². The molecule has 132 valence electrons. The van der Waals surface area contributed by atoms with Gasteiger partial charge in [0, 0.05) is 21.8 Å². The minimum absolute atomic E-state index is 0.252. The molecule has 0 radical (unpaired) electrons. The summed E-state index contributed by atoms with van der Waals surface area (Å²) >= 11 is 7.15. The van der Waals surface area contributed by atoms with E-state index >= 15 is 0 Å². The summed E-state index contributed by atoms with van der Waals surface area (Å²) in [4.78, 5) is 17.4. The summed E-state index contributed by atoms with van der Waals surface area (Å²) in [6.07, 6.45) is 0. The van der Waals surface area contributed by atoms with Crippen LogP contribution in [0.2, 0.25) is 5.02 Å². The number of thiazole rings is 1. The van der Waals surface area contributed by atoms with E-state index in [9.17, 15) is 9.90 Å². The highest BCUT2D eigenvalue weighted by Crippen LogP contribution is 2.47. The Balaban J connectivity index is 1.91. The van der Waals surface area contributed by atoms with Crippen molar-refractivity contribution in [3.05, 3.63) is 57.9 Å². The third-order valence-electron chi connectivity index (χ3n) is 4.28. The van der Waals surface area contributed by atoms with Gasteiger partial charge in [-0.2, -0.15) is 0 Å². The predicted molar refractivity (Wildman–Crippen MR) is 102 cm³/mol. The Morgan fingerprint density at radius 1 is 1.27 bits per heavy atom. The molecule has 0 fully saturated rings. The van der Waals surface area contributed by atoms with Gasteiger partial charge in [-0.05, 0) is 42.5 Å². The SMILES string of the molecule is COc1ccc(-c2nc(N)sc2[C@]2(O)C(=O)Nc3ccc(Cl)cc32)cc1. The van der Waals surface area contributed by atoms with E-state index in [4.69, 9.17) is 22.1 Å². The van der Waals surface area contributed by atoms with Crippen molar-refractivity contribution in [3.63, 3.8) is 0 Å². The lowest BCUT2D eigenvalue weighted by molar-refractivity contribution is -0.129. The first kappa shape index (κ1) is 16.8. The summed E-state index contributed by atoms with van der Waals surface area (Å²) in [5.74, 6) is 0.126. The van der Waals surface area contributed by atoms with E-state index in [1.54, 1.807) is 49.6 Å². The number of carbonyl (C=O) groups excluding carboxylic acids is 1. The van der Waals surface area contributed by atoms with E-state index in [1.165, 1.54) is 0 Å². The first-order valence-corrected chi connectivity index (χ1v) is 8.88. The second-order valence-corrected chi connectivity index (χ2v) is 7.28. The van der Waals surface area contributed by atoms with Crippen LogP contribution in [0.25, 0.3) is 11.3 Å². The van der Waals surface area contributed by atoms with E-state index in [1.807, 2.05) is 0 Å². The van der Waals surface area contributed by atoms with Gasteiger partial charge >= 0.3 is 0 Å². The lowest BCUT2D eigenvalue weighted by atomic mass is 9.91. The molecule has 0 bridgehead atoms. The van der Waals surface area contributed by atoms with Gasteiger partial charge in [0.05, 0.1) is 17.7 Å². The number of benzene rings is 2. The number of amides is 1. The average Bonchev–Trinajstić information content (AvgIpc) is 3.15. The molecule has 0 spiro atoms. The Hall–Kier alpha value is -2.61. The van der Waals surface area contributed by atoms with E-state index in [-0.39, 0.29) is 5.13 Å². The second-order valence-electron chi connectivity index (χ2n) is 5.81. The number of nitrogens with zero attached hydrogens (tertiary/aromatic N) is 1. The standard InChI is InChI=1S/C18H14ClN3O3S/c1-25-11-5-2-9(3-6-11)14-15(26-17(20)22-14)18(24)12-8-10(19)4-7-13(12)21-16(18)23/h2-8,24H,1H3,(H2,20,22)(H,21,23)/t18-/m0/s1.